The molecule has 2 aromatic rings. The summed E-state index contributed by atoms with van der Waals surface area (Å²) in [6.45, 7) is 5.49. The molecule has 8 nitrogen and oxygen atoms in total. The zero-order valence-corrected chi connectivity index (χ0v) is 17.8. The van der Waals surface area contributed by atoms with Crippen LogP contribution in [0, 0.1) is 0 Å². The van der Waals surface area contributed by atoms with E-state index in [-0.39, 0.29) is 24.0 Å². The van der Waals surface area contributed by atoms with Crippen LogP contribution >= 0.6 is 24.0 Å². The van der Waals surface area contributed by atoms with E-state index >= 15 is 0 Å². The van der Waals surface area contributed by atoms with Crippen LogP contribution < -0.4 is 16.0 Å². The Hall–Kier alpha value is -1.91. The van der Waals surface area contributed by atoms with Gasteiger partial charge in [0.15, 0.2) is 5.96 Å². The Labute approximate surface area is 172 Å². The fourth-order valence-corrected chi connectivity index (χ4v) is 2.40. The Morgan fingerprint density at radius 2 is 1.96 bits per heavy atom. The van der Waals surface area contributed by atoms with Gasteiger partial charge in [-0.15, -0.1) is 34.2 Å². The van der Waals surface area contributed by atoms with Crippen LogP contribution in [0.25, 0.3) is 0 Å². The van der Waals surface area contributed by atoms with Crippen molar-refractivity contribution in [3.05, 3.63) is 36.5 Å². The zero-order valence-electron chi connectivity index (χ0n) is 15.5. The van der Waals surface area contributed by atoms with E-state index < -0.39 is 0 Å². The Morgan fingerprint density at radius 3 is 2.69 bits per heavy atom. The molecular weight excluding hydrogens is 443 g/mol. The minimum absolute atomic E-state index is 0. The molecular formula is C17H29IN8. The van der Waals surface area contributed by atoms with E-state index in [2.05, 4.69) is 47.6 Å². The van der Waals surface area contributed by atoms with E-state index in [1.54, 1.807) is 19.6 Å². The van der Waals surface area contributed by atoms with Gasteiger partial charge in [-0.3, -0.25) is 4.99 Å². The maximum Gasteiger partial charge on any atom is 0.191 e. The number of hydrogen-bond donors (Lipinski definition) is 3. The molecule has 9 heteroatoms. The number of nitrogens with zero attached hydrogens (tertiary/aromatic N) is 5. The van der Waals surface area contributed by atoms with Gasteiger partial charge in [0.1, 0.15) is 18.0 Å². The summed E-state index contributed by atoms with van der Waals surface area (Å²) in [6, 6.07) is 5.87. The maximum absolute atomic E-state index is 4.24. The number of hydrogen-bond acceptors (Lipinski definition) is 5. The Morgan fingerprint density at radius 1 is 1.15 bits per heavy atom. The van der Waals surface area contributed by atoms with Crippen molar-refractivity contribution < 1.29 is 0 Å². The molecule has 2 aromatic heterocycles. The number of guanidine groups is 1. The highest BCUT2D eigenvalue weighted by atomic mass is 127. The van der Waals surface area contributed by atoms with Crippen LogP contribution in [-0.4, -0.2) is 52.4 Å². The number of aryl methyl sites for hydroxylation is 1. The lowest BCUT2D eigenvalue weighted by Gasteiger charge is -2.12. The van der Waals surface area contributed by atoms with Crippen LogP contribution in [0.2, 0.25) is 0 Å². The van der Waals surface area contributed by atoms with Gasteiger partial charge in [-0.1, -0.05) is 13.0 Å². The van der Waals surface area contributed by atoms with Crippen molar-refractivity contribution in [2.75, 3.05) is 32.0 Å². The van der Waals surface area contributed by atoms with Crippen LogP contribution in [-0.2, 0) is 13.0 Å². The molecule has 0 radical (unpaired) electrons. The fraction of sp³-hybridized carbons (Fsp3) is 0.529. The zero-order chi connectivity index (χ0) is 17.7. The second-order valence-corrected chi connectivity index (χ2v) is 5.57. The molecule has 2 heterocycles. The molecule has 0 bridgehead atoms. The molecule has 2 rings (SSSR count). The Kier molecular flexibility index (Phi) is 11.3. The first-order chi connectivity index (χ1) is 12.3. The monoisotopic (exact) mass is 472 g/mol. The van der Waals surface area contributed by atoms with E-state index in [4.69, 9.17) is 0 Å². The number of unbranched alkanes of at least 4 members (excludes halogenated alkanes) is 1. The van der Waals surface area contributed by atoms with E-state index in [9.17, 15) is 0 Å². The first-order valence-electron chi connectivity index (χ1n) is 8.79. The lowest BCUT2D eigenvalue weighted by Crippen LogP contribution is -2.39. The van der Waals surface area contributed by atoms with E-state index in [0.717, 1.165) is 63.0 Å². The molecule has 0 amide bonds. The molecule has 144 valence electrons. The van der Waals surface area contributed by atoms with Gasteiger partial charge in [-0.05, 0) is 25.0 Å². The number of rotatable bonds is 10. The summed E-state index contributed by atoms with van der Waals surface area (Å²) in [4.78, 5) is 8.48. The Bertz CT molecular complexity index is 629. The third-order valence-electron chi connectivity index (χ3n) is 3.75. The summed E-state index contributed by atoms with van der Waals surface area (Å²) in [5, 5.41) is 18.0. The molecule has 0 spiro atoms. The molecule has 3 N–H and O–H groups in total. The predicted molar refractivity (Wildman–Crippen MR) is 116 cm³/mol. The summed E-state index contributed by atoms with van der Waals surface area (Å²) < 4.78 is 2.06. The molecule has 0 aromatic carbocycles. The predicted octanol–water partition coefficient (Wildman–Crippen LogP) is 1.91. The van der Waals surface area contributed by atoms with Crippen LogP contribution in [0.1, 0.15) is 25.6 Å². The van der Waals surface area contributed by atoms with Gasteiger partial charge in [0, 0.05) is 45.8 Å². The van der Waals surface area contributed by atoms with Crippen molar-refractivity contribution in [2.45, 2.75) is 32.7 Å². The third kappa shape index (κ3) is 7.98. The molecule has 0 aliphatic carbocycles. The van der Waals surface area contributed by atoms with Crippen molar-refractivity contribution in [3.8, 4) is 0 Å². The second kappa shape index (κ2) is 13.3. The second-order valence-electron chi connectivity index (χ2n) is 5.57. The van der Waals surface area contributed by atoms with Gasteiger partial charge in [0.05, 0.1) is 0 Å². The average Bonchev–Trinajstić information content (AvgIpc) is 3.11. The van der Waals surface area contributed by atoms with Crippen LogP contribution in [0.15, 0.2) is 35.7 Å². The van der Waals surface area contributed by atoms with Gasteiger partial charge >= 0.3 is 0 Å². The highest BCUT2D eigenvalue weighted by Crippen LogP contribution is 2.00. The largest absolute Gasteiger partial charge is 0.370 e. The first-order valence-corrected chi connectivity index (χ1v) is 8.79. The minimum atomic E-state index is 0. The highest BCUT2D eigenvalue weighted by molar-refractivity contribution is 14.0. The molecule has 0 saturated heterocycles. The molecule has 0 aliphatic heterocycles. The summed E-state index contributed by atoms with van der Waals surface area (Å²) in [5.41, 5.74) is 0. The SMILES string of the molecule is CCc1nncn1CCNC(=NC)NCCCCNc1ccccn1.I. The van der Waals surface area contributed by atoms with Crippen LogP contribution in [0.3, 0.4) is 0 Å². The molecule has 0 atom stereocenters. The van der Waals surface area contributed by atoms with E-state index in [0.29, 0.717) is 0 Å². The van der Waals surface area contributed by atoms with Gasteiger partial charge in [0.2, 0.25) is 0 Å². The standard InChI is InChI=1S/C17H28N8.HI/c1-3-16-24-23-14-25(16)13-12-22-17(18-2)21-11-7-6-10-20-15-8-4-5-9-19-15;/h4-5,8-9,14H,3,6-7,10-13H2,1-2H3,(H,19,20)(H2,18,21,22);1H. The van der Waals surface area contributed by atoms with Crippen molar-refractivity contribution in [1.82, 2.24) is 30.4 Å². The lowest BCUT2D eigenvalue weighted by atomic mass is 10.3. The summed E-state index contributed by atoms with van der Waals surface area (Å²) in [5.74, 6) is 2.75. The third-order valence-corrected chi connectivity index (χ3v) is 3.75. The molecule has 0 fully saturated rings. The van der Waals surface area contributed by atoms with Crippen LogP contribution in [0.4, 0.5) is 5.82 Å². The number of nitrogens with one attached hydrogen (secondary N) is 3. The lowest BCUT2D eigenvalue weighted by molar-refractivity contribution is 0.629. The average molecular weight is 472 g/mol. The summed E-state index contributed by atoms with van der Waals surface area (Å²) in [6.07, 6.45) is 6.58. The van der Waals surface area contributed by atoms with E-state index in [1.165, 1.54) is 0 Å². The number of halogens is 1. The number of aliphatic imine (C=N–C) groups is 1. The van der Waals surface area contributed by atoms with Gasteiger partial charge in [0.25, 0.3) is 0 Å². The topological polar surface area (TPSA) is 92.0 Å². The van der Waals surface area contributed by atoms with Gasteiger partial charge < -0.3 is 20.5 Å². The molecule has 26 heavy (non-hydrogen) atoms. The fourth-order valence-electron chi connectivity index (χ4n) is 2.40. The first kappa shape index (κ1) is 22.1. The molecule has 0 saturated carbocycles. The quantitative estimate of drug-likeness (QED) is 0.212. The van der Waals surface area contributed by atoms with Crippen molar-refractivity contribution in [2.24, 2.45) is 4.99 Å². The number of anilines is 1. The summed E-state index contributed by atoms with van der Waals surface area (Å²) >= 11 is 0. The number of aromatic nitrogens is 4. The minimum Gasteiger partial charge on any atom is -0.370 e. The maximum atomic E-state index is 4.24. The number of pyridine rings is 1. The van der Waals surface area contributed by atoms with E-state index in [1.807, 2.05) is 18.2 Å². The van der Waals surface area contributed by atoms with Gasteiger partial charge in [-0.2, -0.15) is 0 Å². The molecule has 0 unspecified atom stereocenters. The highest BCUT2D eigenvalue weighted by Gasteiger charge is 2.02. The van der Waals surface area contributed by atoms with Gasteiger partial charge in [-0.25, -0.2) is 4.98 Å². The molecule has 0 aliphatic rings. The Balaban J connectivity index is 0.00000338. The smallest absolute Gasteiger partial charge is 0.191 e. The van der Waals surface area contributed by atoms with Crippen LogP contribution in [0.5, 0.6) is 0 Å². The van der Waals surface area contributed by atoms with Crippen molar-refractivity contribution in [3.63, 3.8) is 0 Å². The summed E-state index contributed by atoms with van der Waals surface area (Å²) in [7, 11) is 1.79. The normalized spacial score (nSPS) is 10.9. The van der Waals surface area contributed by atoms with Crippen molar-refractivity contribution in [1.29, 1.82) is 0 Å². The van der Waals surface area contributed by atoms with Crippen molar-refractivity contribution >= 4 is 35.8 Å².